The van der Waals surface area contributed by atoms with Gasteiger partial charge in [-0.3, -0.25) is 4.98 Å². The van der Waals surface area contributed by atoms with Crippen molar-refractivity contribution in [3.8, 4) is 11.5 Å². The molecule has 0 spiro atoms. The van der Waals surface area contributed by atoms with Gasteiger partial charge in [-0.05, 0) is 42.0 Å². The fourth-order valence-corrected chi connectivity index (χ4v) is 3.38. The number of benzene rings is 2. The van der Waals surface area contributed by atoms with Crippen LogP contribution < -0.4 is 14.8 Å². The topological polar surface area (TPSA) is 43.4 Å². The molecule has 0 amide bonds. The summed E-state index contributed by atoms with van der Waals surface area (Å²) in [5.74, 6) is 0.702. The van der Waals surface area contributed by atoms with Gasteiger partial charge in [0.15, 0.2) is 11.5 Å². The van der Waals surface area contributed by atoms with Crippen molar-refractivity contribution in [3.05, 3.63) is 86.9 Å². The summed E-state index contributed by atoms with van der Waals surface area (Å²) in [6.07, 6.45) is 3.51. The molecule has 1 N–H and O–H groups in total. The number of hydrogen-bond donors (Lipinski definition) is 1. The van der Waals surface area contributed by atoms with Crippen molar-refractivity contribution < 1.29 is 13.9 Å². The summed E-state index contributed by atoms with van der Waals surface area (Å²) in [4.78, 5) is 4.02. The molecular weight excluding hydrogens is 447 g/mol. The molecular formula is C21H19BrClFN2O2. The van der Waals surface area contributed by atoms with E-state index in [0.29, 0.717) is 35.2 Å². The van der Waals surface area contributed by atoms with Gasteiger partial charge in [-0.15, -0.1) is 0 Å². The number of methoxy groups -OCH3 is 1. The van der Waals surface area contributed by atoms with Gasteiger partial charge >= 0.3 is 0 Å². The Labute approximate surface area is 176 Å². The molecule has 3 aromatic rings. The van der Waals surface area contributed by atoms with Crippen molar-refractivity contribution in [1.82, 2.24) is 10.3 Å². The monoisotopic (exact) mass is 464 g/mol. The van der Waals surface area contributed by atoms with E-state index in [1.54, 1.807) is 37.7 Å². The summed E-state index contributed by atoms with van der Waals surface area (Å²) in [7, 11) is 1.57. The van der Waals surface area contributed by atoms with E-state index in [0.717, 1.165) is 15.6 Å². The first-order valence-electron chi connectivity index (χ1n) is 8.61. The second-order valence-corrected chi connectivity index (χ2v) is 7.27. The summed E-state index contributed by atoms with van der Waals surface area (Å²) in [6, 6.07) is 12.2. The molecule has 0 saturated carbocycles. The Bertz CT molecular complexity index is 921. The number of pyridine rings is 1. The van der Waals surface area contributed by atoms with Crippen molar-refractivity contribution >= 4 is 27.5 Å². The first-order chi connectivity index (χ1) is 13.6. The maximum absolute atomic E-state index is 14.1. The molecule has 146 valence electrons. The number of hydrogen-bond acceptors (Lipinski definition) is 4. The Morgan fingerprint density at radius 2 is 1.86 bits per heavy atom. The minimum Gasteiger partial charge on any atom is -0.493 e. The third-order valence-electron chi connectivity index (χ3n) is 4.19. The fourth-order valence-electron chi connectivity index (χ4n) is 2.71. The van der Waals surface area contributed by atoms with Crippen LogP contribution in [0.15, 0.2) is 59.3 Å². The summed E-state index contributed by atoms with van der Waals surface area (Å²) >= 11 is 9.68. The molecule has 3 rings (SSSR count). The van der Waals surface area contributed by atoms with Gasteiger partial charge in [-0.25, -0.2) is 4.39 Å². The van der Waals surface area contributed by atoms with Crippen LogP contribution in [0.25, 0.3) is 0 Å². The molecule has 28 heavy (non-hydrogen) atoms. The maximum atomic E-state index is 14.1. The van der Waals surface area contributed by atoms with E-state index >= 15 is 0 Å². The Hall–Kier alpha value is -2.15. The summed E-state index contributed by atoms with van der Waals surface area (Å²) in [5, 5.41) is 3.70. The van der Waals surface area contributed by atoms with Crippen LogP contribution in [0.5, 0.6) is 11.5 Å². The molecule has 0 unspecified atom stereocenters. The van der Waals surface area contributed by atoms with E-state index in [-0.39, 0.29) is 6.61 Å². The highest BCUT2D eigenvalue weighted by Crippen LogP contribution is 2.37. The highest BCUT2D eigenvalue weighted by Gasteiger charge is 2.16. The lowest BCUT2D eigenvalue weighted by Gasteiger charge is -2.18. The Morgan fingerprint density at radius 3 is 2.57 bits per heavy atom. The van der Waals surface area contributed by atoms with Gasteiger partial charge in [0.2, 0.25) is 0 Å². The highest BCUT2D eigenvalue weighted by molar-refractivity contribution is 9.10. The largest absolute Gasteiger partial charge is 0.493 e. The van der Waals surface area contributed by atoms with Gasteiger partial charge in [0.1, 0.15) is 12.4 Å². The molecule has 7 heteroatoms. The Balaban J connectivity index is 1.79. The molecule has 0 aliphatic heterocycles. The van der Waals surface area contributed by atoms with E-state index < -0.39 is 5.82 Å². The van der Waals surface area contributed by atoms with E-state index in [9.17, 15) is 4.39 Å². The van der Waals surface area contributed by atoms with Crippen LogP contribution in [0.4, 0.5) is 4.39 Å². The minimum absolute atomic E-state index is 0.00429. The lowest BCUT2D eigenvalue weighted by molar-refractivity contribution is 0.276. The second kappa shape index (κ2) is 9.87. The number of nitrogens with one attached hydrogen (secondary N) is 1. The molecule has 0 fully saturated rings. The average molecular weight is 466 g/mol. The van der Waals surface area contributed by atoms with Gasteiger partial charge in [0.25, 0.3) is 0 Å². The Kier molecular flexibility index (Phi) is 7.25. The molecule has 0 atom stereocenters. The molecule has 0 saturated heterocycles. The van der Waals surface area contributed by atoms with Crippen molar-refractivity contribution in [2.24, 2.45) is 0 Å². The number of ether oxygens (including phenoxy) is 2. The van der Waals surface area contributed by atoms with Crippen molar-refractivity contribution in [3.63, 3.8) is 0 Å². The lowest BCUT2D eigenvalue weighted by atomic mass is 10.1. The van der Waals surface area contributed by atoms with Crippen LogP contribution in [0, 0.1) is 5.82 Å². The van der Waals surface area contributed by atoms with Crippen LogP contribution in [-0.4, -0.2) is 12.1 Å². The third kappa shape index (κ3) is 5.01. The van der Waals surface area contributed by atoms with Gasteiger partial charge in [-0.2, -0.15) is 0 Å². The third-order valence-corrected chi connectivity index (χ3v) is 5.29. The zero-order valence-electron chi connectivity index (χ0n) is 15.2. The van der Waals surface area contributed by atoms with Gasteiger partial charge < -0.3 is 14.8 Å². The maximum Gasteiger partial charge on any atom is 0.167 e. The van der Waals surface area contributed by atoms with Crippen LogP contribution in [-0.2, 0) is 19.7 Å². The quantitative estimate of drug-likeness (QED) is 0.476. The summed E-state index contributed by atoms with van der Waals surface area (Å²) in [6.45, 7) is 1.20. The Morgan fingerprint density at radius 1 is 1.07 bits per heavy atom. The van der Waals surface area contributed by atoms with Crippen molar-refractivity contribution in [1.29, 1.82) is 0 Å². The fraction of sp³-hybridized carbons (Fsp3) is 0.190. The molecule has 2 aromatic carbocycles. The predicted molar refractivity (Wildman–Crippen MR) is 111 cm³/mol. The lowest BCUT2D eigenvalue weighted by Crippen LogP contribution is -2.15. The molecule has 0 aliphatic rings. The average Bonchev–Trinajstić information content (AvgIpc) is 2.70. The van der Waals surface area contributed by atoms with E-state index in [2.05, 4.69) is 26.2 Å². The molecule has 0 aliphatic carbocycles. The van der Waals surface area contributed by atoms with Gasteiger partial charge in [-0.1, -0.05) is 33.6 Å². The van der Waals surface area contributed by atoms with Gasteiger partial charge in [0.05, 0.1) is 12.1 Å². The smallest absolute Gasteiger partial charge is 0.167 e. The van der Waals surface area contributed by atoms with Gasteiger partial charge in [0, 0.05) is 41.1 Å². The SMILES string of the molecule is COc1ccc(Br)c(CNCc2ccncc2)c1OCc1c(F)cccc1Cl. The number of aromatic nitrogens is 1. The first-order valence-corrected chi connectivity index (χ1v) is 9.78. The van der Waals surface area contributed by atoms with Crippen LogP contribution in [0.3, 0.4) is 0 Å². The molecule has 1 heterocycles. The zero-order valence-corrected chi connectivity index (χ0v) is 17.6. The normalized spacial score (nSPS) is 10.7. The minimum atomic E-state index is -0.404. The molecule has 0 bridgehead atoms. The van der Waals surface area contributed by atoms with Crippen molar-refractivity contribution in [2.75, 3.05) is 7.11 Å². The van der Waals surface area contributed by atoms with E-state index in [1.165, 1.54) is 6.07 Å². The predicted octanol–water partition coefficient (Wildman–Crippen LogP) is 5.51. The number of rotatable bonds is 8. The molecule has 0 radical (unpaired) electrons. The van der Waals surface area contributed by atoms with E-state index in [4.69, 9.17) is 21.1 Å². The number of nitrogens with zero attached hydrogens (tertiary/aromatic N) is 1. The standard InChI is InChI=1S/C21H19BrClFN2O2/c1-27-20-6-5-17(22)15(12-26-11-14-7-9-25-10-8-14)21(20)28-13-16-18(23)3-2-4-19(16)24/h2-10,26H,11-13H2,1H3. The van der Waals surface area contributed by atoms with Crippen LogP contribution >= 0.6 is 27.5 Å². The summed E-state index contributed by atoms with van der Waals surface area (Å²) in [5.41, 5.74) is 2.30. The molecule has 4 nitrogen and oxygen atoms in total. The second-order valence-electron chi connectivity index (χ2n) is 6.01. The van der Waals surface area contributed by atoms with E-state index in [1.807, 2.05) is 18.2 Å². The highest BCUT2D eigenvalue weighted by atomic mass is 79.9. The summed E-state index contributed by atoms with van der Waals surface area (Å²) < 4.78 is 26.4. The van der Waals surface area contributed by atoms with Crippen LogP contribution in [0.2, 0.25) is 5.02 Å². The zero-order chi connectivity index (χ0) is 19.9. The van der Waals surface area contributed by atoms with Crippen molar-refractivity contribution in [2.45, 2.75) is 19.7 Å². The molecule has 1 aromatic heterocycles. The van der Waals surface area contributed by atoms with Crippen LogP contribution in [0.1, 0.15) is 16.7 Å². The number of halogens is 3. The first kappa shape index (κ1) is 20.6.